The van der Waals surface area contributed by atoms with E-state index in [4.69, 9.17) is 0 Å². The van der Waals surface area contributed by atoms with Crippen molar-refractivity contribution in [3.05, 3.63) is 29.8 Å². The fourth-order valence-electron chi connectivity index (χ4n) is 2.56. The van der Waals surface area contributed by atoms with E-state index >= 15 is 0 Å². The quantitative estimate of drug-likeness (QED) is 0.887. The van der Waals surface area contributed by atoms with E-state index in [-0.39, 0.29) is 18.0 Å². The molecule has 1 aromatic carbocycles. The predicted octanol–water partition coefficient (Wildman–Crippen LogP) is 1.67. The normalized spacial score (nSPS) is 16.0. The van der Waals surface area contributed by atoms with Crippen molar-refractivity contribution in [3.8, 4) is 0 Å². The van der Waals surface area contributed by atoms with E-state index in [0.29, 0.717) is 6.54 Å². The van der Waals surface area contributed by atoms with Crippen molar-refractivity contribution in [1.29, 1.82) is 0 Å². The molecule has 1 aliphatic heterocycles. The van der Waals surface area contributed by atoms with Crippen molar-refractivity contribution in [2.45, 2.75) is 25.8 Å². The van der Waals surface area contributed by atoms with Crippen LogP contribution in [0.2, 0.25) is 0 Å². The number of amides is 3. The molecule has 0 unspecified atom stereocenters. The SMILES string of the molecule is Cc1ccc(NC(=O)NC2CCN(CC(=O)N(C)C)CC2)cc1. The average molecular weight is 318 g/mol. The van der Waals surface area contributed by atoms with Crippen LogP contribution in [-0.4, -0.2) is 61.5 Å². The zero-order valence-corrected chi connectivity index (χ0v) is 14.1. The molecule has 2 rings (SSSR count). The lowest BCUT2D eigenvalue weighted by molar-refractivity contribution is -0.130. The minimum Gasteiger partial charge on any atom is -0.348 e. The molecule has 1 aromatic rings. The summed E-state index contributed by atoms with van der Waals surface area (Å²) >= 11 is 0. The van der Waals surface area contributed by atoms with Crippen LogP contribution in [0.4, 0.5) is 10.5 Å². The summed E-state index contributed by atoms with van der Waals surface area (Å²) in [4.78, 5) is 27.5. The maximum absolute atomic E-state index is 12.0. The highest BCUT2D eigenvalue weighted by Gasteiger charge is 2.22. The van der Waals surface area contributed by atoms with Gasteiger partial charge in [-0.3, -0.25) is 9.69 Å². The van der Waals surface area contributed by atoms with Gasteiger partial charge in [0.2, 0.25) is 5.91 Å². The smallest absolute Gasteiger partial charge is 0.319 e. The summed E-state index contributed by atoms with van der Waals surface area (Å²) in [5, 5.41) is 5.86. The Labute approximate surface area is 137 Å². The van der Waals surface area contributed by atoms with Gasteiger partial charge in [0, 0.05) is 38.9 Å². The third-order valence-electron chi connectivity index (χ3n) is 4.09. The Bertz CT molecular complexity index is 534. The van der Waals surface area contributed by atoms with Crippen molar-refractivity contribution in [3.63, 3.8) is 0 Å². The van der Waals surface area contributed by atoms with Crippen LogP contribution in [0.3, 0.4) is 0 Å². The molecule has 1 fully saturated rings. The molecule has 126 valence electrons. The van der Waals surface area contributed by atoms with Gasteiger partial charge in [0.1, 0.15) is 0 Å². The van der Waals surface area contributed by atoms with E-state index < -0.39 is 0 Å². The third kappa shape index (κ3) is 5.56. The molecule has 0 aliphatic carbocycles. The Hall–Kier alpha value is -2.08. The number of piperidine rings is 1. The standard InChI is InChI=1S/C17H26N4O2/c1-13-4-6-14(7-5-13)18-17(23)19-15-8-10-21(11-9-15)12-16(22)20(2)3/h4-7,15H,8-12H2,1-3H3,(H2,18,19,23). The summed E-state index contributed by atoms with van der Waals surface area (Å²) in [5.41, 5.74) is 1.96. The Morgan fingerprint density at radius 1 is 1.17 bits per heavy atom. The van der Waals surface area contributed by atoms with Crippen LogP contribution in [0.15, 0.2) is 24.3 Å². The van der Waals surface area contributed by atoms with Crippen molar-refractivity contribution in [1.82, 2.24) is 15.1 Å². The van der Waals surface area contributed by atoms with Gasteiger partial charge in [-0.2, -0.15) is 0 Å². The zero-order valence-electron chi connectivity index (χ0n) is 14.1. The second-order valence-corrected chi connectivity index (χ2v) is 6.30. The molecule has 3 amide bonds. The molecule has 0 bridgehead atoms. The Kier molecular flexibility index (Phi) is 5.98. The minimum absolute atomic E-state index is 0.119. The maximum Gasteiger partial charge on any atom is 0.319 e. The molecule has 1 aliphatic rings. The fraction of sp³-hybridized carbons (Fsp3) is 0.529. The molecule has 6 nitrogen and oxygen atoms in total. The Morgan fingerprint density at radius 3 is 2.35 bits per heavy atom. The second kappa shape index (κ2) is 7.97. The molecule has 1 heterocycles. The van der Waals surface area contributed by atoms with Gasteiger partial charge in [-0.1, -0.05) is 17.7 Å². The molecular formula is C17H26N4O2. The number of rotatable bonds is 4. The number of anilines is 1. The fourth-order valence-corrected chi connectivity index (χ4v) is 2.56. The van der Waals surface area contributed by atoms with Gasteiger partial charge in [0.15, 0.2) is 0 Å². The zero-order chi connectivity index (χ0) is 16.8. The highest BCUT2D eigenvalue weighted by Crippen LogP contribution is 2.12. The average Bonchev–Trinajstić information content (AvgIpc) is 2.51. The lowest BCUT2D eigenvalue weighted by Gasteiger charge is -2.32. The molecule has 23 heavy (non-hydrogen) atoms. The summed E-state index contributed by atoms with van der Waals surface area (Å²) in [6.07, 6.45) is 1.73. The number of nitrogens with one attached hydrogen (secondary N) is 2. The van der Waals surface area contributed by atoms with Crippen LogP contribution in [0.25, 0.3) is 0 Å². The van der Waals surface area contributed by atoms with E-state index in [2.05, 4.69) is 15.5 Å². The lowest BCUT2D eigenvalue weighted by Crippen LogP contribution is -2.48. The first kappa shape index (κ1) is 17.3. The van der Waals surface area contributed by atoms with Crippen molar-refractivity contribution < 1.29 is 9.59 Å². The van der Waals surface area contributed by atoms with Gasteiger partial charge >= 0.3 is 6.03 Å². The van der Waals surface area contributed by atoms with Gasteiger partial charge in [-0.05, 0) is 31.9 Å². The Morgan fingerprint density at radius 2 is 1.78 bits per heavy atom. The Balaban J connectivity index is 1.72. The first-order valence-corrected chi connectivity index (χ1v) is 8.01. The summed E-state index contributed by atoms with van der Waals surface area (Å²) in [6.45, 7) is 4.12. The van der Waals surface area contributed by atoms with Gasteiger partial charge in [-0.15, -0.1) is 0 Å². The predicted molar refractivity (Wildman–Crippen MR) is 91.5 cm³/mol. The van der Waals surface area contributed by atoms with Gasteiger partial charge in [0.25, 0.3) is 0 Å². The largest absolute Gasteiger partial charge is 0.348 e. The number of carbonyl (C=O) groups is 2. The number of carbonyl (C=O) groups excluding carboxylic acids is 2. The first-order chi connectivity index (χ1) is 10.9. The van der Waals surface area contributed by atoms with Crippen molar-refractivity contribution in [2.24, 2.45) is 0 Å². The molecule has 0 aromatic heterocycles. The van der Waals surface area contributed by atoms with E-state index in [0.717, 1.165) is 37.2 Å². The van der Waals surface area contributed by atoms with E-state index in [1.54, 1.807) is 19.0 Å². The summed E-state index contributed by atoms with van der Waals surface area (Å²) < 4.78 is 0. The lowest BCUT2D eigenvalue weighted by atomic mass is 10.1. The first-order valence-electron chi connectivity index (χ1n) is 8.01. The van der Waals surface area contributed by atoms with Gasteiger partial charge < -0.3 is 15.5 Å². The molecule has 0 spiro atoms. The van der Waals surface area contributed by atoms with Crippen molar-refractivity contribution >= 4 is 17.6 Å². The number of urea groups is 1. The number of likely N-dealkylation sites (tertiary alicyclic amines) is 1. The third-order valence-corrected chi connectivity index (χ3v) is 4.09. The maximum atomic E-state index is 12.0. The molecule has 0 saturated carbocycles. The van der Waals surface area contributed by atoms with Gasteiger partial charge in [-0.25, -0.2) is 4.79 Å². The number of hydrogen-bond acceptors (Lipinski definition) is 3. The molecule has 0 radical (unpaired) electrons. The van der Waals surface area contributed by atoms with Crippen LogP contribution in [0.5, 0.6) is 0 Å². The van der Waals surface area contributed by atoms with Gasteiger partial charge in [0.05, 0.1) is 6.54 Å². The monoisotopic (exact) mass is 318 g/mol. The van der Waals surface area contributed by atoms with Crippen LogP contribution < -0.4 is 10.6 Å². The molecule has 6 heteroatoms. The highest BCUT2D eigenvalue weighted by molar-refractivity contribution is 5.89. The summed E-state index contributed by atoms with van der Waals surface area (Å²) in [7, 11) is 3.54. The van der Waals surface area contributed by atoms with Crippen molar-refractivity contribution in [2.75, 3.05) is 39.0 Å². The minimum atomic E-state index is -0.170. The van der Waals surface area contributed by atoms with Crippen LogP contribution >= 0.6 is 0 Å². The number of aryl methyl sites for hydroxylation is 1. The molecular weight excluding hydrogens is 292 g/mol. The van der Waals surface area contributed by atoms with E-state index in [1.165, 1.54) is 0 Å². The summed E-state index contributed by atoms with van der Waals surface area (Å²) in [5.74, 6) is 0.119. The molecule has 0 atom stereocenters. The topological polar surface area (TPSA) is 64.7 Å². The molecule has 1 saturated heterocycles. The van der Waals surface area contributed by atoms with E-state index in [9.17, 15) is 9.59 Å². The molecule has 2 N–H and O–H groups in total. The van der Waals surface area contributed by atoms with Crippen LogP contribution in [0, 0.1) is 6.92 Å². The van der Waals surface area contributed by atoms with E-state index in [1.807, 2.05) is 31.2 Å². The number of likely N-dealkylation sites (N-methyl/N-ethyl adjacent to an activating group) is 1. The van der Waals surface area contributed by atoms with Crippen LogP contribution in [-0.2, 0) is 4.79 Å². The number of nitrogens with zero attached hydrogens (tertiary/aromatic N) is 2. The highest BCUT2D eigenvalue weighted by atomic mass is 16.2. The summed E-state index contributed by atoms with van der Waals surface area (Å²) in [6, 6.07) is 7.71. The number of hydrogen-bond donors (Lipinski definition) is 2. The van der Waals surface area contributed by atoms with Crippen LogP contribution in [0.1, 0.15) is 18.4 Å². The number of benzene rings is 1. The second-order valence-electron chi connectivity index (χ2n) is 6.30.